The Kier molecular flexibility index (Phi) is 5.48. The van der Waals surface area contributed by atoms with E-state index >= 15 is 0 Å². The summed E-state index contributed by atoms with van der Waals surface area (Å²) in [6, 6.07) is 5.83. The van der Waals surface area contributed by atoms with Crippen molar-refractivity contribution >= 4 is 17.3 Å². The third-order valence-corrected chi connectivity index (χ3v) is 4.16. The maximum atomic E-state index is 12.1. The molecule has 0 heterocycles. The zero-order chi connectivity index (χ0) is 15.2. The molecule has 4 nitrogen and oxygen atoms in total. The van der Waals surface area contributed by atoms with Crippen LogP contribution in [0.2, 0.25) is 0 Å². The monoisotopic (exact) mass is 290 g/mol. The highest BCUT2D eigenvalue weighted by atomic mass is 16.5. The smallest absolute Gasteiger partial charge is 0.340 e. The van der Waals surface area contributed by atoms with Gasteiger partial charge in [0.1, 0.15) is 0 Å². The summed E-state index contributed by atoms with van der Waals surface area (Å²) in [6.07, 6.45) is 6.07. The van der Waals surface area contributed by atoms with Gasteiger partial charge in [-0.1, -0.05) is 19.8 Å². The van der Waals surface area contributed by atoms with Crippen molar-refractivity contribution in [1.82, 2.24) is 0 Å². The lowest BCUT2D eigenvalue weighted by atomic mass is 10.0. The van der Waals surface area contributed by atoms with Gasteiger partial charge >= 0.3 is 5.97 Å². The second-order valence-corrected chi connectivity index (χ2v) is 5.98. The van der Waals surface area contributed by atoms with Crippen LogP contribution < -0.4 is 11.1 Å². The van der Waals surface area contributed by atoms with Crippen LogP contribution in [-0.2, 0) is 4.74 Å². The number of hydrogen-bond acceptors (Lipinski definition) is 4. The number of benzene rings is 1. The second kappa shape index (κ2) is 7.34. The fourth-order valence-corrected chi connectivity index (χ4v) is 2.92. The van der Waals surface area contributed by atoms with Gasteiger partial charge in [0.25, 0.3) is 0 Å². The lowest BCUT2D eigenvalue weighted by Gasteiger charge is -2.20. The molecule has 0 bridgehead atoms. The van der Waals surface area contributed by atoms with Crippen LogP contribution in [0, 0.1) is 5.92 Å². The molecule has 1 aromatic rings. The van der Waals surface area contributed by atoms with Gasteiger partial charge in [-0.3, -0.25) is 0 Å². The highest BCUT2D eigenvalue weighted by Gasteiger charge is 2.19. The summed E-state index contributed by atoms with van der Waals surface area (Å²) in [6.45, 7) is 4.49. The molecule has 2 unspecified atom stereocenters. The van der Waals surface area contributed by atoms with E-state index in [4.69, 9.17) is 10.5 Å². The molecule has 0 radical (unpaired) electrons. The Hall–Kier alpha value is -1.71. The summed E-state index contributed by atoms with van der Waals surface area (Å²) in [5.41, 5.74) is 7.76. The van der Waals surface area contributed by atoms with Crippen LogP contribution in [0.25, 0.3) is 0 Å². The first kappa shape index (κ1) is 15.7. The first-order valence-electron chi connectivity index (χ1n) is 7.93. The third-order valence-electron chi connectivity index (χ3n) is 4.16. The van der Waals surface area contributed by atoms with E-state index in [0.717, 1.165) is 24.4 Å². The topological polar surface area (TPSA) is 64.3 Å². The predicted molar refractivity (Wildman–Crippen MR) is 86.5 cm³/mol. The third kappa shape index (κ3) is 4.38. The largest absolute Gasteiger partial charge is 0.462 e. The first-order valence-corrected chi connectivity index (χ1v) is 7.93. The summed E-state index contributed by atoms with van der Waals surface area (Å²) in [4.78, 5) is 12.1. The van der Waals surface area contributed by atoms with Crippen molar-refractivity contribution in [3.8, 4) is 0 Å². The quantitative estimate of drug-likeness (QED) is 0.502. The van der Waals surface area contributed by atoms with E-state index in [1.54, 1.807) is 6.07 Å². The average Bonchev–Trinajstić information content (AvgIpc) is 2.66. The van der Waals surface area contributed by atoms with Crippen molar-refractivity contribution in [3.63, 3.8) is 0 Å². The van der Waals surface area contributed by atoms with E-state index in [1.807, 2.05) is 19.1 Å². The van der Waals surface area contributed by atoms with Crippen LogP contribution in [0.4, 0.5) is 11.4 Å². The van der Waals surface area contributed by atoms with E-state index in [-0.39, 0.29) is 5.97 Å². The molecule has 1 fully saturated rings. The molecule has 4 heteroatoms. The Labute approximate surface area is 127 Å². The summed E-state index contributed by atoms with van der Waals surface area (Å²) in [5.74, 6) is 0.488. The van der Waals surface area contributed by atoms with Gasteiger partial charge in [-0.25, -0.2) is 4.79 Å². The highest BCUT2D eigenvalue weighted by Crippen LogP contribution is 2.27. The summed E-state index contributed by atoms with van der Waals surface area (Å²) in [5, 5.41) is 3.52. The van der Waals surface area contributed by atoms with Crippen LogP contribution in [0.1, 0.15) is 56.3 Å². The SMILES string of the molecule is CCOC(=O)c1cc(N)ccc1NC1CCCC(C)CC1. The number of carbonyl (C=O) groups excluding carboxylic acids is 1. The Morgan fingerprint density at radius 1 is 1.33 bits per heavy atom. The number of carbonyl (C=O) groups is 1. The van der Waals surface area contributed by atoms with Crippen LogP contribution >= 0.6 is 0 Å². The number of nitrogens with two attached hydrogens (primary N) is 1. The minimum Gasteiger partial charge on any atom is -0.462 e. The van der Waals surface area contributed by atoms with Crippen molar-refractivity contribution < 1.29 is 9.53 Å². The Bertz CT molecular complexity index is 488. The van der Waals surface area contributed by atoms with Crippen molar-refractivity contribution in [2.24, 2.45) is 5.92 Å². The average molecular weight is 290 g/mol. The molecule has 2 atom stereocenters. The maximum Gasteiger partial charge on any atom is 0.340 e. The van der Waals surface area contributed by atoms with Crippen molar-refractivity contribution in [2.75, 3.05) is 17.7 Å². The van der Waals surface area contributed by atoms with E-state index in [0.29, 0.717) is 23.9 Å². The number of esters is 1. The molecule has 1 aromatic carbocycles. The van der Waals surface area contributed by atoms with Gasteiger partial charge in [-0.05, 0) is 50.3 Å². The molecule has 2 rings (SSSR count). The molecule has 116 valence electrons. The van der Waals surface area contributed by atoms with E-state index in [1.165, 1.54) is 19.3 Å². The Balaban J connectivity index is 2.13. The Morgan fingerprint density at radius 2 is 2.14 bits per heavy atom. The molecule has 0 spiro atoms. The van der Waals surface area contributed by atoms with E-state index in [2.05, 4.69) is 12.2 Å². The lowest BCUT2D eigenvalue weighted by molar-refractivity contribution is 0.0527. The second-order valence-electron chi connectivity index (χ2n) is 5.98. The van der Waals surface area contributed by atoms with Crippen LogP contribution in [0.15, 0.2) is 18.2 Å². The molecule has 1 aliphatic rings. The number of ether oxygens (including phenoxy) is 1. The van der Waals surface area contributed by atoms with Crippen LogP contribution in [0.5, 0.6) is 0 Å². The number of hydrogen-bond donors (Lipinski definition) is 2. The predicted octanol–water partition coefficient (Wildman–Crippen LogP) is 3.83. The first-order chi connectivity index (χ1) is 10.1. The molecular formula is C17H26N2O2. The molecular weight excluding hydrogens is 264 g/mol. The van der Waals surface area contributed by atoms with Gasteiger partial charge < -0.3 is 15.8 Å². The zero-order valence-electron chi connectivity index (χ0n) is 13.0. The molecule has 0 saturated heterocycles. The molecule has 0 aliphatic heterocycles. The Morgan fingerprint density at radius 3 is 2.90 bits per heavy atom. The fourth-order valence-electron chi connectivity index (χ4n) is 2.92. The highest BCUT2D eigenvalue weighted by molar-refractivity contribution is 5.96. The van der Waals surface area contributed by atoms with Crippen molar-refractivity contribution in [3.05, 3.63) is 23.8 Å². The molecule has 21 heavy (non-hydrogen) atoms. The van der Waals surface area contributed by atoms with Gasteiger partial charge in [0, 0.05) is 17.4 Å². The van der Waals surface area contributed by atoms with Crippen LogP contribution in [-0.4, -0.2) is 18.6 Å². The number of nitrogens with one attached hydrogen (secondary N) is 1. The summed E-state index contributed by atoms with van der Waals surface area (Å²) < 4.78 is 5.12. The molecule has 0 aromatic heterocycles. The lowest BCUT2D eigenvalue weighted by Crippen LogP contribution is -2.21. The summed E-state index contributed by atoms with van der Waals surface area (Å²) in [7, 11) is 0. The zero-order valence-corrected chi connectivity index (χ0v) is 13.0. The van der Waals surface area contributed by atoms with Crippen molar-refractivity contribution in [2.45, 2.75) is 52.0 Å². The minimum atomic E-state index is -0.311. The maximum absolute atomic E-state index is 12.1. The molecule has 0 amide bonds. The standard InChI is InChI=1S/C17H26N2O2/c1-3-21-17(20)15-11-13(18)8-10-16(15)19-14-6-4-5-12(2)7-9-14/h8,10-12,14,19H,3-7,9,18H2,1-2H3. The number of nitrogen functional groups attached to an aromatic ring is 1. The van der Waals surface area contributed by atoms with Crippen molar-refractivity contribution in [1.29, 1.82) is 0 Å². The molecule has 1 saturated carbocycles. The molecule has 1 aliphatic carbocycles. The van der Waals surface area contributed by atoms with Crippen LogP contribution in [0.3, 0.4) is 0 Å². The van der Waals surface area contributed by atoms with E-state index in [9.17, 15) is 4.79 Å². The number of rotatable bonds is 4. The van der Waals surface area contributed by atoms with Gasteiger partial charge in [-0.2, -0.15) is 0 Å². The normalized spacial score (nSPS) is 22.4. The van der Waals surface area contributed by atoms with Gasteiger partial charge in [-0.15, -0.1) is 0 Å². The van der Waals surface area contributed by atoms with E-state index < -0.39 is 0 Å². The van der Waals surface area contributed by atoms with Gasteiger partial charge in [0.2, 0.25) is 0 Å². The minimum absolute atomic E-state index is 0.311. The number of anilines is 2. The fraction of sp³-hybridized carbons (Fsp3) is 0.588. The summed E-state index contributed by atoms with van der Waals surface area (Å²) >= 11 is 0. The van der Waals surface area contributed by atoms with Gasteiger partial charge in [0.05, 0.1) is 12.2 Å². The molecule has 3 N–H and O–H groups in total. The van der Waals surface area contributed by atoms with Gasteiger partial charge in [0.15, 0.2) is 0 Å².